The molecule has 4 heteroatoms. The van der Waals surface area contributed by atoms with Crippen molar-refractivity contribution in [2.75, 3.05) is 0 Å². The maximum Gasteiger partial charge on any atom is 0.246 e. The number of benzene rings is 2. The van der Waals surface area contributed by atoms with E-state index in [-0.39, 0.29) is 0 Å². The lowest BCUT2D eigenvalue weighted by molar-refractivity contribution is 0.615. The van der Waals surface area contributed by atoms with Crippen LogP contribution in [0.3, 0.4) is 0 Å². The van der Waals surface area contributed by atoms with Gasteiger partial charge in [-0.2, -0.15) is 0 Å². The zero-order valence-electron chi connectivity index (χ0n) is 12.2. The standard InChI is InChI=1S/C19H13ClN2O/c20-18-15(11-13-7-3-1-4-8-13)22-19-16(21-18)12-17(23-19)14-9-5-2-6-10-14/h1-10,12H,11H2. The van der Waals surface area contributed by atoms with E-state index in [1.807, 2.05) is 66.7 Å². The van der Waals surface area contributed by atoms with Crippen LogP contribution in [-0.4, -0.2) is 9.97 Å². The van der Waals surface area contributed by atoms with Crippen molar-refractivity contribution < 1.29 is 4.42 Å². The Kier molecular flexibility index (Phi) is 3.56. The average Bonchev–Trinajstić information content (AvgIpc) is 3.00. The van der Waals surface area contributed by atoms with Crippen LogP contribution in [0.25, 0.3) is 22.6 Å². The molecule has 0 aliphatic rings. The van der Waals surface area contributed by atoms with E-state index in [1.54, 1.807) is 0 Å². The molecule has 4 aromatic rings. The molecule has 0 atom stereocenters. The lowest BCUT2D eigenvalue weighted by atomic mass is 10.1. The molecule has 0 bridgehead atoms. The van der Waals surface area contributed by atoms with Gasteiger partial charge in [0.2, 0.25) is 5.71 Å². The molecule has 3 nitrogen and oxygen atoms in total. The van der Waals surface area contributed by atoms with Crippen molar-refractivity contribution >= 4 is 22.8 Å². The Morgan fingerprint density at radius 2 is 1.57 bits per heavy atom. The van der Waals surface area contributed by atoms with Crippen molar-refractivity contribution in [2.45, 2.75) is 6.42 Å². The molecule has 0 radical (unpaired) electrons. The molecule has 0 amide bonds. The number of fused-ring (bicyclic) bond motifs is 1. The smallest absolute Gasteiger partial charge is 0.246 e. The molecular formula is C19H13ClN2O. The number of hydrogen-bond donors (Lipinski definition) is 0. The van der Waals surface area contributed by atoms with Crippen LogP contribution in [0.4, 0.5) is 0 Å². The highest BCUT2D eigenvalue weighted by molar-refractivity contribution is 6.30. The predicted octanol–water partition coefficient (Wildman–Crippen LogP) is 5.13. The molecule has 0 saturated carbocycles. The Hall–Kier alpha value is -2.65. The number of hydrogen-bond acceptors (Lipinski definition) is 3. The normalized spacial score (nSPS) is 11.0. The molecule has 0 saturated heterocycles. The molecule has 2 aromatic heterocycles. The third kappa shape index (κ3) is 2.83. The van der Waals surface area contributed by atoms with Crippen LogP contribution in [0.15, 0.2) is 71.1 Å². The van der Waals surface area contributed by atoms with Gasteiger partial charge >= 0.3 is 0 Å². The van der Waals surface area contributed by atoms with Crippen molar-refractivity contribution in [1.29, 1.82) is 0 Å². The minimum absolute atomic E-state index is 0.418. The van der Waals surface area contributed by atoms with Gasteiger partial charge in [0.1, 0.15) is 11.3 Å². The molecule has 0 aliphatic heterocycles. The van der Waals surface area contributed by atoms with Crippen molar-refractivity contribution in [3.63, 3.8) is 0 Å². The Labute approximate surface area is 138 Å². The molecule has 0 unspecified atom stereocenters. The summed E-state index contributed by atoms with van der Waals surface area (Å²) in [6.45, 7) is 0. The van der Waals surface area contributed by atoms with Gasteiger partial charge in [0.05, 0.1) is 5.69 Å². The quantitative estimate of drug-likeness (QED) is 0.525. The number of aromatic nitrogens is 2. The SMILES string of the molecule is Clc1nc2cc(-c3ccccc3)oc2nc1Cc1ccccc1. The zero-order valence-corrected chi connectivity index (χ0v) is 13.0. The molecule has 0 fully saturated rings. The second-order valence-electron chi connectivity index (χ2n) is 5.29. The Bertz CT molecular complexity index is 949. The molecule has 2 heterocycles. The molecule has 4 rings (SSSR count). The van der Waals surface area contributed by atoms with Crippen molar-refractivity contribution in [1.82, 2.24) is 9.97 Å². The second kappa shape index (κ2) is 5.86. The first-order valence-corrected chi connectivity index (χ1v) is 7.73. The van der Waals surface area contributed by atoms with Gasteiger partial charge in [0.25, 0.3) is 0 Å². The van der Waals surface area contributed by atoms with Gasteiger partial charge in [-0.3, -0.25) is 0 Å². The Morgan fingerprint density at radius 1 is 0.870 bits per heavy atom. The summed E-state index contributed by atoms with van der Waals surface area (Å²) in [6.07, 6.45) is 0.629. The van der Waals surface area contributed by atoms with E-state index in [0.717, 1.165) is 22.6 Å². The van der Waals surface area contributed by atoms with Crippen LogP contribution in [0, 0.1) is 0 Å². The van der Waals surface area contributed by atoms with Crippen molar-refractivity contribution in [2.24, 2.45) is 0 Å². The monoisotopic (exact) mass is 320 g/mol. The summed E-state index contributed by atoms with van der Waals surface area (Å²) >= 11 is 6.29. The highest BCUT2D eigenvalue weighted by Gasteiger charge is 2.13. The summed E-state index contributed by atoms with van der Waals surface area (Å²) < 4.78 is 5.86. The van der Waals surface area contributed by atoms with Gasteiger partial charge in [0, 0.05) is 18.1 Å². The third-order valence-corrected chi connectivity index (χ3v) is 3.96. The lowest BCUT2D eigenvalue weighted by Gasteiger charge is -2.02. The highest BCUT2D eigenvalue weighted by atomic mass is 35.5. The van der Waals surface area contributed by atoms with Gasteiger partial charge in [0.15, 0.2) is 5.15 Å². The minimum Gasteiger partial charge on any atom is -0.436 e. The van der Waals surface area contributed by atoms with Crippen molar-refractivity contribution in [3.05, 3.63) is 83.1 Å². The first-order valence-electron chi connectivity index (χ1n) is 7.35. The first kappa shape index (κ1) is 14.0. The summed E-state index contributed by atoms with van der Waals surface area (Å²) in [7, 11) is 0. The Balaban J connectivity index is 1.75. The predicted molar refractivity (Wildman–Crippen MR) is 91.5 cm³/mol. The molecule has 23 heavy (non-hydrogen) atoms. The van der Waals surface area contributed by atoms with Crippen LogP contribution in [0.2, 0.25) is 5.15 Å². The van der Waals surface area contributed by atoms with Gasteiger partial charge < -0.3 is 4.42 Å². The number of furan rings is 1. The van der Waals surface area contributed by atoms with E-state index in [2.05, 4.69) is 9.97 Å². The van der Waals surface area contributed by atoms with Crippen LogP contribution >= 0.6 is 11.6 Å². The van der Waals surface area contributed by atoms with E-state index >= 15 is 0 Å². The summed E-state index contributed by atoms with van der Waals surface area (Å²) in [5, 5.41) is 0.418. The van der Waals surface area contributed by atoms with Gasteiger partial charge in [-0.05, 0) is 5.56 Å². The second-order valence-corrected chi connectivity index (χ2v) is 5.65. The molecule has 0 aliphatic carbocycles. The van der Waals surface area contributed by atoms with Crippen LogP contribution < -0.4 is 0 Å². The van der Waals surface area contributed by atoms with Gasteiger partial charge in [-0.1, -0.05) is 72.3 Å². The Morgan fingerprint density at radius 3 is 2.30 bits per heavy atom. The lowest BCUT2D eigenvalue weighted by Crippen LogP contribution is -1.95. The largest absolute Gasteiger partial charge is 0.436 e. The van der Waals surface area contributed by atoms with Crippen LogP contribution in [0.5, 0.6) is 0 Å². The van der Waals surface area contributed by atoms with E-state index in [0.29, 0.717) is 22.8 Å². The molecule has 2 aromatic carbocycles. The summed E-state index contributed by atoms with van der Waals surface area (Å²) in [4.78, 5) is 8.98. The summed E-state index contributed by atoms with van der Waals surface area (Å²) in [5.74, 6) is 0.744. The molecule has 0 N–H and O–H groups in total. The summed E-state index contributed by atoms with van der Waals surface area (Å²) in [6, 6.07) is 21.8. The fourth-order valence-corrected chi connectivity index (χ4v) is 2.72. The highest BCUT2D eigenvalue weighted by Crippen LogP contribution is 2.28. The fourth-order valence-electron chi connectivity index (χ4n) is 2.52. The first-order chi connectivity index (χ1) is 11.3. The minimum atomic E-state index is 0.418. The summed E-state index contributed by atoms with van der Waals surface area (Å²) in [5.41, 5.74) is 4.04. The fraction of sp³-hybridized carbons (Fsp3) is 0.0526. The third-order valence-electron chi connectivity index (χ3n) is 3.66. The molecular weight excluding hydrogens is 308 g/mol. The van der Waals surface area contributed by atoms with E-state index < -0.39 is 0 Å². The maximum atomic E-state index is 6.29. The van der Waals surface area contributed by atoms with Gasteiger partial charge in [-0.15, -0.1) is 0 Å². The van der Waals surface area contributed by atoms with E-state index in [9.17, 15) is 0 Å². The van der Waals surface area contributed by atoms with E-state index in [1.165, 1.54) is 0 Å². The average molecular weight is 321 g/mol. The number of nitrogens with zero attached hydrogens (tertiary/aromatic N) is 2. The van der Waals surface area contributed by atoms with Crippen LogP contribution in [0.1, 0.15) is 11.3 Å². The molecule has 112 valence electrons. The zero-order chi connectivity index (χ0) is 15.6. The maximum absolute atomic E-state index is 6.29. The van der Waals surface area contributed by atoms with Gasteiger partial charge in [-0.25, -0.2) is 9.97 Å². The molecule has 0 spiro atoms. The van der Waals surface area contributed by atoms with E-state index in [4.69, 9.17) is 16.0 Å². The topological polar surface area (TPSA) is 38.9 Å². The number of halogens is 1. The van der Waals surface area contributed by atoms with Crippen LogP contribution in [-0.2, 0) is 6.42 Å². The van der Waals surface area contributed by atoms with Crippen molar-refractivity contribution in [3.8, 4) is 11.3 Å². The number of rotatable bonds is 3.